The first-order valence-electron chi connectivity index (χ1n) is 11.2. The van der Waals surface area contributed by atoms with Crippen LogP contribution in [0.1, 0.15) is 34.9 Å². The van der Waals surface area contributed by atoms with Gasteiger partial charge in [0.2, 0.25) is 0 Å². The van der Waals surface area contributed by atoms with E-state index in [-0.39, 0.29) is 18.1 Å². The maximum absolute atomic E-state index is 13.2. The molecule has 0 spiro atoms. The van der Waals surface area contributed by atoms with Gasteiger partial charge in [0.15, 0.2) is 0 Å². The predicted molar refractivity (Wildman–Crippen MR) is 125 cm³/mol. The molecule has 0 saturated carbocycles. The highest BCUT2D eigenvalue weighted by Crippen LogP contribution is 2.43. The summed E-state index contributed by atoms with van der Waals surface area (Å²) >= 11 is 0. The third-order valence-corrected chi connectivity index (χ3v) is 7.05. The van der Waals surface area contributed by atoms with Gasteiger partial charge in [-0.25, -0.2) is 4.79 Å². The zero-order valence-corrected chi connectivity index (χ0v) is 18.3. The number of fused-ring (bicyclic) bond motifs is 4. The third kappa shape index (κ3) is 3.78. The Morgan fingerprint density at radius 1 is 1.19 bits per heavy atom. The lowest BCUT2D eigenvalue weighted by Crippen LogP contribution is -2.55. The average Bonchev–Trinajstić information content (AvgIpc) is 2.87. The van der Waals surface area contributed by atoms with E-state index in [1.54, 1.807) is 31.4 Å². The van der Waals surface area contributed by atoms with Crippen LogP contribution in [0.15, 0.2) is 73.4 Å². The summed E-state index contributed by atoms with van der Waals surface area (Å²) in [5.74, 6) is 1.48. The predicted octanol–water partition coefficient (Wildman–Crippen LogP) is 5.04. The van der Waals surface area contributed by atoms with Crippen LogP contribution in [0, 0.1) is 11.8 Å². The smallest absolute Gasteiger partial charge is 0.338 e. The van der Waals surface area contributed by atoms with Gasteiger partial charge in [-0.15, -0.1) is 6.58 Å². The first kappa shape index (κ1) is 20.7. The first-order valence-corrected chi connectivity index (χ1v) is 11.2. The van der Waals surface area contributed by atoms with Crippen LogP contribution in [-0.2, 0) is 4.74 Å². The number of hydrogen-bond donors (Lipinski definition) is 0. The number of methoxy groups -OCH3 is 1. The van der Waals surface area contributed by atoms with E-state index in [1.807, 2.05) is 30.5 Å². The van der Waals surface area contributed by atoms with Crippen molar-refractivity contribution in [1.82, 2.24) is 9.88 Å². The lowest BCUT2D eigenvalue weighted by molar-refractivity contribution is -0.0568. The van der Waals surface area contributed by atoms with Crippen molar-refractivity contribution in [2.24, 2.45) is 11.8 Å². The molecule has 3 saturated heterocycles. The molecule has 5 nitrogen and oxygen atoms in total. The molecule has 3 fully saturated rings. The summed E-state index contributed by atoms with van der Waals surface area (Å²) in [4.78, 5) is 20.2. The Morgan fingerprint density at radius 3 is 2.72 bits per heavy atom. The van der Waals surface area contributed by atoms with Crippen LogP contribution in [0.5, 0.6) is 5.75 Å². The number of carbonyl (C=O) groups is 1. The summed E-state index contributed by atoms with van der Waals surface area (Å²) in [6.45, 7) is 6.04. The zero-order valence-electron chi connectivity index (χ0n) is 18.3. The fraction of sp³-hybridized carbons (Fsp3) is 0.333. The molecule has 0 N–H and O–H groups in total. The average molecular weight is 429 g/mol. The zero-order chi connectivity index (χ0) is 22.1. The van der Waals surface area contributed by atoms with E-state index in [0.717, 1.165) is 36.0 Å². The summed E-state index contributed by atoms with van der Waals surface area (Å²) in [7, 11) is 1.61. The number of carbonyl (C=O) groups excluding carboxylic acids is 1. The van der Waals surface area contributed by atoms with Crippen LogP contribution in [0.2, 0.25) is 0 Å². The molecule has 5 atom stereocenters. The number of esters is 1. The van der Waals surface area contributed by atoms with Gasteiger partial charge in [-0.1, -0.05) is 24.3 Å². The van der Waals surface area contributed by atoms with Crippen LogP contribution >= 0.6 is 0 Å². The van der Waals surface area contributed by atoms with Gasteiger partial charge in [0.05, 0.1) is 24.2 Å². The van der Waals surface area contributed by atoms with Crippen molar-refractivity contribution in [3.05, 3.63) is 84.6 Å². The van der Waals surface area contributed by atoms with Crippen LogP contribution in [-0.4, -0.2) is 42.1 Å². The summed E-state index contributed by atoms with van der Waals surface area (Å²) in [5, 5.41) is 1.03. The molecule has 3 aliphatic heterocycles. The Bertz CT molecular complexity index is 1120. The molecule has 2 aromatic carbocycles. The van der Waals surface area contributed by atoms with Crippen molar-refractivity contribution in [1.29, 1.82) is 0 Å². The number of para-hydroxylation sites is 1. The van der Waals surface area contributed by atoms with Crippen molar-refractivity contribution in [3.63, 3.8) is 0 Å². The molecule has 4 heterocycles. The molecule has 5 heteroatoms. The molecule has 2 bridgehead atoms. The molecule has 3 aromatic rings. The van der Waals surface area contributed by atoms with Gasteiger partial charge in [-0.05, 0) is 67.6 Å². The Morgan fingerprint density at radius 2 is 2.00 bits per heavy atom. The maximum Gasteiger partial charge on any atom is 0.338 e. The van der Waals surface area contributed by atoms with E-state index in [2.05, 4.69) is 28.6 Å². The molecule has 0 aliphatic carbocycles. The van der Waals surface area contributed by atoms with Crippen LogP contribution in [0.25, 0.3) is 10.9 Å². The molecule has 32 heavy (non-hydrogen) atoms. The highest BCUT2D eigenvalue weighted by molar-refractivity contribution is 5.90. The standard InChI is InChI=1S/C27H28N2O3/c1-3-18-17-29-15-13-20(18)16-25(29)26(23-12-14-28-24-7-5-4-6-22(23)24)32-27(30)19-8-10-21(31-2)11-9-19/h3-12,14,18,20,25-26H,1,13,15-17H2,2H3/t18-,20+,25+,26-/m0/s1. The molecule has 0 amide bonds. The van der Waals surface area contributed by atoms with Crippen LogP contribution < -0.4 is 4.74 Å². The number of hydrogen-bond acceptors (Lipinski definition) is 5. The summed E-state index contributed by atoms with van der Waals surface area (Å²) in [6.07, 6.45) is 5.70. The minimum absolute atomic E-state index is 0.137. The minimum Gasteiger partial charge on any atom is -0.497 e. The normalized spacial score (nSPS) is 25.3. The largest absolute Gasteiger partial charge is 0.497 e. The summed E-state index contributed by atoms with van der Waals surface area (Å²) in [6, 6.07) is 17.3. The highest BCUT2D eigenvalue weighted by Gasteiger charge is 2.44. The van der Waals surface area contributed by atoms with Crippen molar-refractivity contribution in [2.75, 3.05) is 20.2 Å². The highest BCUT2D eigenvalue weighted by atomic mass is 16.5. The first-order chi connectivity index (χ1) is 15.7. The number of ether oxygens (including phenoxy) is 2. The number of piperidine rings is 3. The lowest BCUT2D eigenvalue weighted by atomic mass is 9.73. The molecule has 6 rings (SSSR count). The Balaban J connectivity index is 1.52. The Hall–Kier alpha value is -3.18. The van der Waals surface area contributed by atoms with Gasteiger partial charge in [0, 0.05) is 23.7 Å². The maximum atomic E-state index is 13.2. The van der Waals surface area contributed by atoms with Crippen molar-refractivity contribution in [3.8, 4) is 5.75 Å². The number of nitrogens with zero attached hydrogens (tertiary/aromatic N) is 2. The van der Waals surface area contributed by atoms with Crippen molar-refractivity contribution in [2.45, 2.75) is 25.0 Å². The van der Waals surface area contributed by atoms with Gasteiger partial charge >= 0.3 is 5.97 Å². The van der Waals surface area contributed by atoms with Crippen LogP contribution in [0.4, 0.5) is 0 Å². The minimum atomic E-state index is -0.369. The SMILES string of the molecule is C=C[C@H]1CN2CC[C@@H]1C[C@@H]2[C@@H](OC(=O)c1ccc(OC)cc1)c1ccnc2ccccc12. The van der Waals surface area contributed by atoms with Gasteiger partial charge in [0.25, 0.3) is 0 Å². The quantitative estimate of drug-likeness (QED) is 0.407. The van der Waals surface area contributed by atoms with Gasteiger partial charge < -0.3 is 9.47 Å². The molecule has 0 radical (unpaired) electrons. The lowest BCUT2D eigenvalue weighted by Gasteiger charge is -2.51. The van der Waals surface area contributed by atoms with Gasteiger partial charge in [0.1, 0.15) is 11.9 Å². The van der Waals surface area contributed by atoms with Crippen molar-refractivity contribution < 1.29 is 14.3 Å². The molecular formula is C27H28N2O3. The number of benzene rings is 2. The van der Waals surface area contributed by atoms with E-state index < -0.39 is 0 Å². The topological polar surface area (TPSA) is 51.7 Å². The van der Waals surface area contributed by atoms with Crippen molar-refractivity contribution >= 4 is 16.9 Å². The third-order valence-electron chi connectivity index (χ3n) is 7.05. The van der Waals surface area contributed by atoms with Gasteiger partial charge in [-0.3, -0.25) is 9.88 Å². The Labute approximate surface area is 188 Å². The monoisotopic (exact) mass is 428 g/mol. The van der Waals surface area contributed by atoms with Crippen LogP contribution in [0.3, 0.4) is 0 Å². The number of rotatable bonds is 6. The van der Waals surface area contributed by atoms with Gasteiger partial charge in [-0.2, -0.15) is 0 Å². The number of aromatic nitrogens is 1. The second-order valence-corrected chi connectivity index (χ2v) is 8.72. The second-order valence-electron chi connectivity index (χ2n) is 8.72. The van der Waals surface area contributed by atoms with E-state index in [0.29, 0.717) is 23.1 Å². The molecule has 3 aliphatic rings. The summed E-state index contributed by atoms with van der Waals surface area (Å²) < 4.78 is 11.5. The summed E-state index contributed by atoms with van der Waals surface area (Å²) in [5.41, 5.74) is 2.45. The molecule has 164 valence electrons. The fourth-order valence-corrected chi connectivity index (χ4v) is 5.32. The number of pyridine rings is 1. The second kappa shape index (κ2) is 8.75. The fourth-order valence-electron chi connectivity index (χ4n) is 5.32. The van der Waals surface area contributed by atoms with E-state index >= 15 is 0 Å². The molecule has 1 aromatic heterocycles. The van der Waals surface area contributed by atoms with E-state index in [9.17, 15) is 4.79 Å². The molecule has 1 unspecified atom stereocenters. The Kier molecular flexibility index (Phi) is 5.66. The molecular weight excluding hydrogens is 400 g/mol. The van der Waals surface area contributed by atoms with E-state index in [4.69, 9.17) is 9.47 Å². The van der Waals surface area contributed by atoms with E-state index in [1.165, 1.54) is 6.42 Å².